The molecule has 5 aromatic rings. The van der Waals surface area contributed by atoms with Crippen molar-refractivity contribution in [2.45, 2.75) is 26.7 Å². The maximum absolute atomic E-state index is 3.74. The molecule has 0 fully saturated rings. The van der Waals surface area contributed by atoms with Crippen LogP contribution in [-0.4, -0.2) is 9.97 Å². The molecule has 0 spiro atoms. The van der Waals surface area contributed by atoms with Crippen LogP contribution < -0.4 is 0 Å². The topological polar surface area (TPSA) is 31.6 Å². The van der Waals surface area contributed by atoms with E-state index in [9.17, 15) is 0 Å². The van der Waals surface area contributed by atoms with Crippen LogP contribution in [0.3, 0.4) is 0 Å². The van der Waals surface area contributed by atoms with Crippen LogP contribution in [0.5, 0.6) is 0 Å². The Balaban J connectivity index is 1.84. The minimum Gasteiger partial charge on any atom is -0.358 e. The fourth-order valence-electron chi connectivity index (χ4n) is 4.50. The fourth-order valence-corrected chi connectivity index (χ4v) is 4.50. The number of fused-ring (bicyclic) bond motifs is 2. The van der Waals surface area contributed by atoms with Gasteiger partial charge in [-0.05, 0) is 49.6 Å². The maximum Gasteiger partial charge on any atom is 0.0517 e. The van der Waals surface area contributed by atoms with Gasteiger partial charge in [-0.2, -0.15) is 0 Å². The van der Waals surface area contributed by atoms with Crippen LogP contribution in [0.25, 0.3) is 21.8 Å². The highest BCUT2D eigenvalue weighted by Crippen LogP contribution is 2.40. The molecule has 2 N–H and O–H groups in total. The van der Waals surface area contributed by atoms with Crippen LogP contribution >= 0.6 is 0 Å². The second-order valence-corrected chi connectivity index (χ2v) is 7.76. The fraction of sp³-hybridized carbons (Fsp3) is 0.154. The lowest BCUT2D eigenvalue weighted by atomic mass is 9.85. The Morgan fingerprint density at radius 2 is 1.25 bits per heavy atom. The average molecular weight is 364 g/mol. The second-order valence-electron chi connectivity index (χ2n) is 7.76. The van der Waals surface area contributed by atoms with Gasteiger partial charge in [0.05, 0.1) is 5.92 Å². The van der Waals surface area contributed by atoms with Crippen molar-refractivity contribution in [2.24, 2.45) is 0 Å². The molecule has 2 aromatic heterocycles. The number of aryl methyl sites for hydroxylation is 3. The van der Waals surface area contributed by atoms with Crippen LogP contribution in [-0.2, 0) is 0 Å². The van der Waals surface area contributed by atoms with E-state index < -0.39 is 0 Å². The number of para-hydroxylation sites is 2. The summed E-state index contributed by atoms with van der Waals surface area (Å²) in [6.45, 7) is 6.57. The molecule has 0 amide bonds. The highest BCUT2D eigenvalue weighted by atomic mass is 14.8. The van der Waals surface area contributed by atoms with E-state index in [-0.39, 0.29) is 5.92 Å². The van der Waals surface area contributed by atoms with Gasteiger partial charge in [0, 0.05) is 33.2 Å². The summed E-state index contributed by atoms with van der Waals surface area (Å²) >= 11 is 0. The van der Waals surface area contributed by atoms with E-state index in [0.717, 1.165) is 0 Å². The molecule has 1 unspecified atom stereocenters. The van der Waals surface area contributed by atoms with E-state index >= 15 is 0 Å². The van der Waals surface area contributed by atoms with Gasteiger partial charge < -0.3 is 9.97 Å². The minimum atomic E-state index is 0.157. The second kappa shape index (κ2) is 6.42. The molecule has 2 heteroatoms. The quantitative estimate of drug-likeness (QED) is 0.355. The molecule has 0 saturated carbocycles. The third-order valence-electron chi connectivity index (χ3n) is 5.94. The third kappa shape index (κ3) is 2.56. The summed E-state index contributed by atoms with van der Waals surface area (Å²) in [5, 5.41) is 2.59. The highest BCUT2D eigenvalue weighted by Gasteiger charge is 2.26. The first-order valence-corrected chi connectivity index (χ1v) is 9.84. The monoisotopic (exact) mass is 364 g/mol. The van der Waals surface area contributed by atoms with Crippen molar-refractivity contribution in [2.75, 3.05) is 0 Å². The normalized spacial score (nSPS) is 12.7. The Kier molecular flexibility index (Phi) is 3.87. The number of rotatable bonds is 3. The summed E-state index contributed by atoms with van der Waals surface area (Å²) < 4.78 is 0. The number of aromatic nitrogens is 2. The predicted octanol–water partition coefficient (Wildman–Crippen LogP) is 6.75. The predicted molar refractivity (Wildman–Crippen MR) is 118 cm³/mol. The summed E-state index contributed by atoms with van der Waals surface area (Å²) in [6.07, 6.45) is 0. The Morgan fingerprint density at radius 1 is 0.643 bits per heavy atom. The molecule has 0 radical (unpaired) electrons. The molecular formula is C26H24N2. The highest BCUT2D eigenvalue weighted by molar-refractivity contribution is 5.88. The van der Waals surface area contributed by atoms with Gasteiger partial charge in [0.25, 0.3) is 0 Å². The lowest BCUT2D eigenvalue weighted by Crippen LogP contribution is -2.06. The van der Waals surface area contributed by atoms with Crippen molar-refractivity contribution in [3.8, 4) is 0 Å². The number of hydrogen-bond acceptors (Lipinski definition) is 0. The number of nitrogens with one attached hydrogen (secondary N) is 2. The summed E-state index contributed by atoms with van der Waals surface area (Å²) in [6, 6.07) is 26.2. The van der Waals surface area contributed by atoms with Gasteiger partial charge in [0.1, 0.15) is 0 Å². The first kappa shape index (κ1) is 16.9. The Bertz CT molecular complexity index is 1290. The summed E-state index contributed by atoms with van der Waals surface area (Å²) in [7, 11) is 0. The molecule has 0 aliphatic carbocycles. The SMILES string of the molecule is Cc1ccc(C(c2[nH]c3ccccc3c2C)c2c(C)[nH]c3ccccc23)cc1. The van der Waals surface area contributed by atoms with Gasteiger partial charge in [-0.25, -0.2) is 0 Å². The Labute approximate surface area is 165 Å². The number of benzene rings is 3. The van der Waals surface area contributed by atoms with E-state index in [1.807, 2.05) is 0 Å². The third-order valence-corrected chi connectivity index (χ3v) is 5.94. The van der Waals surface area contributed by atoms with Gasteiger partial charge in [-0.1, -0.05) is 66.2 Å². The molecule has 2 heterocycles. The molecule has 28 heavy (non-hydrogen) atoms. The molecule has 138 valence electrons. The zero-order valence-electron chi connectivity index (χ0n) is 16.5. The van der Waals surface area contributed by atoms with Gasteiger partial charge in [0.15, 0.2) is 0 Å². The van der Waals surface area contributed by atoms with Crippen molar-refractivity contribution >= 4 is 21.8 Å². The maximum atomic E-state index is 3.74. The van der Waals surface area contributed by atoms with Crippen LogP contribution in [0.4, 0.5) is 0 Å². The van der Waals surface area contributed by atoms with Crippen LogP contribution in [0, 0.1) is 20.8 Å². The van der Waals surface area contributed by atoms with Gasteiger partial charge in [-0.3, -0.25) is 0 Å². The molecular weight excluding hydrogens is 340 g/mol. The lowest BCUT2D eigenvalue weighted by Gasteiger charge is -2.19. The largest absolute Gasteiger partial charge is 0.358 e. The van der Waals surface area contributed by atoms with Crippen molar-refractivity contribution in [1.82, 2.24) is 9.97 Å². The number of aromatic amines is 2. The van der Waals surface area contributed by atoms with Gasteiger partial charge in [-0.15, -0.1) is 0 Å². The van der Waals surface area contributed by atoms with Crippen LogP contribution in [0.1, 0.15) is 39.6 Å². The molecule has 0 aliphatic rings. The first-order chi connectivity index (χ1) is 13.6. The first-order valence-electron chi connectivity index (χ1n) is 9.84. The molecule has 0 saturated heterocycles. The van der Waals surface area contributed by atoms with Crippen LogP contribution in [0.2, 0.25) is 0 Å². The van der Waals surface area contributed by atoms with Gasteiger partial charge in [0.2, 0.25) is 0 Å². The summed E-state index contributed by atoms with van der Waals surface area (Å²) in [5.41, 5.74) is 10.2. The molecule has 3 aromatic carbocycles. The molecule has 5 rings (SSSR count). The lowest BCUT2D eigenvalue weighted by molar-refractivity contribution is 0.921. The zero-order valence-corrected chi connectivity index (χ0v) is 16.5. The molecule has 2 nitrogen and oxygen atoms in total. The smallest absolute Gasteiger partial charge is 0.0517 e. The molecule has 0 aliphatic heterocycles. The van der Waals surface area contributed by atoms with Crippen molar-refractivity contribution in [3.63, 3.8) is 0 Å². The molecule has 0 bridgehead atoms. The Hall–Kier alpha value is -3.26. The van der Waals surface area contributed by atoms with Crippen LogP contribution in [0.15, 0.2) is 72.8 Å². The standard InChI is InChI=1S/C26H24N2/c1-16-12-14-19(15-13-16)25(24-18(3)27-23-11-7-5-9-21(23)24)26-17(2)20-8-4-6-10-22(20)28-26/h4-15,25,27-28H,1-3H3. The summed E-state index contributed by atoms with van der Waals surface area (Å²) in [5.74, 6) is 0.157. The average Bonchev–Trinajstić information content (AvgIpc) is 3.21. The van der Waals surface area contributed by atoms with Crippen molar-refractivity contribution in [1.29, 1.82) is 0 Å². The van der Waals surface area contributed by atoms with E-state index in [0.29, 0.717) is 0 Å². The van der Waals surface area contributed by atoms with E-state index in [4.69, 9.17) is 0 Å². The number of H-pyrrole nitrogens is 2. The van der Waals surface area contributed by atoms with E-state index in [1.54, 1.807) is 0 Å². The van der Waals surface area contributed by atoms with Gasteiger partial charge >= 0.3 is 0 Å². The minimum absolute atomic E-state index is 0.157. The van der Waals surface area contributed by atoms with E-state index in [1.165, 1.54) is 55.4 Å². The Morgan fingerprint density at radius 3 is 1.93 bits per heavy atom. The summed E-state index contributed by atoms with van der Waals surface area (Å²) in [4.78, 5) is 7.34. The number of hydrogen-bond donors (Lipinski definition) is 2. The van der Waals surface area contributed by atoms with Crippen molar-refractivity contribution in [3.05, 3.63) is 106 Å². The molecule has 1 atom stereocenters. The van der Waals surface area contributed by atoms with Crippen molar-refractivity contribution < 1.29 is 0 Å². The zero-order chi connectivity index (χ0) is 19.3. The van der Waals surface area contributed by atoms with E-state index in [2.05, 4.69) is 104 Å².